The van der Waals surface area contributed by atoms with Crippen molar-refractivity contribution in [3.05, 3.63) is 62.2 Å². The molecule has 0 heterocycles. The van der Waals surface area contributed by atoms with E-state index in [-0.39, 0.29) is 16.3 Å². The lowest BCUT2D eigenvalue weighted by Gasteiger charge is -2.25. The van der Waals surface area contributed by atoms with Gasteiger partial charge < -0.3 is 0 Å². The molecule has 2 aromatic rings. The molecule has 25 heavy (non-hydrogen) atoms. The molecule has 0 aliphatic rings. The van der Waals surface area contributed by atoms with Crippen LogP contribution in [0.25, 0.3) is 0 Å². The van der Waals surface area contributed by atoms with Crippen molar-refractivity contribution in [3.8, 4) is 0 Å². The molecule has 0 aromatic heterocycles. The van der Waals surface area contributed by atoms with Crippen LogP contribution in [0, 0.1) is 13.7 Å². The van der Waals surface area contributed by atoms with Crippen LogP contribution in [0.3, 0.4) is 0 Å². The second-order valence-corrected chi connectivity index (χ2v) is 8.12. The molecule has 1 atom stereocenters. The standard InChI is InChI=1S/C15H13F2IN2O4S/c16-9-11(17)10-19(13-3-1-12(18)2-4-13)25(23,24)15-7-5-14(6-8-15)20(21)22/h1-8,11H,9-10H2. The number of non-ortho nitro benzene ring substituents is 1. The number of nitrogens with zero attached hydrogens (tertiary/aromatic N) is 2. The fourth-order valence-electron chi connectivity index (χ4n) is 2.05. The Kier molecular flexibility index (Phi) is 6.27. The Balaban J connectivity index is 2.46. The summed E-state index contributed by atoms with van der Waals surface area (Å²) in [6, 6.07) is 10.5. The summed E-state index contributed by atoms with van der Waals surface area (Å²) >= 11 is 2.03. The van der Waals surface area contributed by atoms with Crippen molar-refractivity contribution in [3.63, 3.8) is 0 Å². The molecule has 10 heteroatoms. The van der Waals surface area contributed by atoms with Crippen molar-refractivity contribution < 1.29 is 22.1 Å². The number of alkyl halides is 2. The van der Waals surface area contributed by atoms with Crippen LogP contribution in [-0.4, -0.2) is 32.7 Å². The molecule has 0 radical (unpaired) electrons. The molecular formula is C15H13F2IN2O4S. The van der Waals surface area contributed by atoms with Gasteiger partial charge in [0.2, 0.25) is 0 Å². The van der Waals surface area contributed by atoms with Gasteiger partial charge in [-0.3, -0.25) is 14.4 Å². The van der Waals surface area contributed by atoms with Gasteiger partial charge in [-0.2, -0.15) is 0 Å². The van der Waals surface area contributed by atoms with Gasteiger partial charge in [0.1, 0.15) is 12.8 Å². The van der Waals surface area contributed by atoms with Gasteiger partial charge in [0.25, 0.3) is 15.7 Å². The maximum absolute atomic E-state index is 13.6. The molecule has 0 N–H and O–H groups in total. The topological polar surface area (TPSA) is 80.5 Å². The number of sulfonamides is 1. The molecule has 6 nitrogen and oxygen atoms in total. The van der Waals surface area contributed by atoms with Gasteiger partial charge >= 0.3 is 0 Å². The van der Waals surface area contributed by atoms with Gasteiger partial charge in [0.15, 0.2) is 0 Å². The Bertz CT molecular complexity index is 845. The van der Waals surface area contributed by atoms with E-state index in [4.69, 9.17) is 0 Å². The quantitative estimate of drug-likeness (QED) is 0.343. The lowest BCUT2D eigenvalue weighted by molar-refractivity contribution is -0.384. The molecule has 0 aliphatic heterocycles. The van der Waals surface area contributed by atoms with E-state index in [0.29, 0.717) is 0 Å². The van der Waals surface area contributed by atoms with Crippen LogP contribution >= 0.6 is 22.6 Å². The van der Waals surface area contributed by atoms with Gasteiger partial charge in [-0.05, 0) is 59.0 Å². The molecule has 0 aliphatic carbocycles. The van der Waals surface area contributed by atoms with E-state index in [2.05, 4.69) is 0 Å². The monoisotopic (exact) mass is 482 g/mol. The number of hydrogen-bond donors (Lipinski definition) is 0. The highest BCUT2D eigenvalue weighted by Crippen LogP contribution is 2.26. The lowest BCUT2D eigenvalue weighted by atomic mass is 10.3. The van der Waals surface area contributed by atoms with Crippen LogP contribution in [0.2, 0.25) is 0 Å². The summed E-state index contributed by atoms with van der Waals surface area (Å²) in [5.41, 5.74) is -0.0956. The highest BCUT2D eigenvalue weighted by molar-refractivity contribution is 14.1. The highest BCUT2D eigenvalue weighted by atomic mass is 127. The average Bonchev–Trinajstić information content (AvgIpc) is 2.60. The minimum absolute atomic E-state index is 0.176. The minimum Gasteiger partial charge on any atom is -0.263 e. The molecule has 0 fully saturated rings. The number of hydrogen-bond acceptors (Lipinski definition) is 4. The van der Waals surface area contributed by atoms with Crippen LogP contribution in [0.15, 0.2) is 53.4 Å². The summed E-state index contributed by atoms with van der Waals surface area (Å²) < 4.78 is 53.4. The van der Waals surface area contributed by atoms with Crippen molar-refractivity contribution >= 4 is 44.0 Å². The Labute approximate surface area is 156 Å². The Morgan fingerprint density at radius 1 is 1.12 bits per heavy atom. The lowest BCUT2D eigenvalue weighted by Crippen LogP contribution is -2.37. The number of rotatable bonds is 7. The molecule has 0 amide bonds. The van der Waals surface area contributed by atoms with Gasteiger partial charge in [0, 0.05) is 15.7 Å². The van der Waals surface area contributed by atoms with Crippen molar-refractivity contribution in [2.45, 2.75) is 11.1 Å². The molecule has 0 saturated heterocycles. The second-order valence-electron chi connectivity index (χ2n) is 5.02. The summed E-state index contributed by atoms with van der Waals surface area (Å²) in [6.45, 7) is -2.02. The summed E-state index contributed by atoms with van der Waals surface area (Å²) in [4.78, 5) is 9.78. The summed E-state index contributed by atoms with van der Waals surface area (Å²) in [5, 5.41) is 10.7. The Hall–Kier alpha value is -1.82. The fraction of sp³-hybridized carbons (Fsp3) is 0.200. The summed E-state index contributed by atoms with van der Waals surface area (Å²) in [7, 11) is -4.21. The molecule has 0 saturated carbocycles. The maximum Gasteiger partial charge on any atom is 0.269 e. The maximum atomic E-state index is 13.6. The van der Waals surface area contributed by atoms with Crippen LogP contribution in [0.5, 0.6) is 0 Å². The predicted molar refractivity (Wildman–Crippen MR) is 97.7 cm³/mol. The Morgan fingerprint density at radius 2 is 1.68 bits per heavy atom. The minimum atomic E-state index is -4.21. The number of benzene rings is 2. The first-order valence-corrected chi connectivity index (χ1v) is 9.50. The SMILES string of the molecule is O=[N+]([O-])c1ccc(S(=O)(=O)N(CC(F)CF)c2ccc(I)cc2)cc1. The molecule has 134 valence electrons. The summed E-state index contributed by atoms with van der Waals surface area (Å²) in [6.07, 6.45) is -1.99. The third kappa shape index (κ3) is 4.63. The third-order valence-electron chi connectivity index (χ3n) is 3.28. The molecule has 0 spiro atoms. The van der Waals surface area contributed by atoms with Gasteiger partial charge in [0.05, 0.1) is 22.1 Å². The van der Waals surface area contributed by atoms with Crippen LogP contribution in [-0.2, 0) is 10.0 Å². The highest BCUT2D eigenvalue weighted by Gasteiger charge is 2.28. The third-order valence-corrected chi connectivity index (χ3v) is 5.81. The van der Waals surface area contributed by atoms with E-state index in [1.807, 2.05) is 22.6 Å². The van der Waals surface area contributed by atoms with Crippen LogP contribution < -0.4 is 4.31 Å². The first kappa shape index (κ1) is 19.5. The van der Waals surface area contributed by atoms with Crippen molar-refractivity contribution in [2.24, 2.45) is 0 Å². The largest absolute Gasteiger partial charge is 0.269 e. The smallest absolute Gasteiger partial charge is 0.263 e. The van der Waals surface area contributed by atoms with E-state index < -0.39 is 34.3 Å². The number of anilines is 1. The van der Waals surface area contributed by atoms with Crippen LogP contribution in [0.4, 0.5) is 20.2 Å². The van der Waals surface area contributed by atoms with E-state index in [1.165, 1.54) is 12.1 Å². The van der Waals surface area contributed by atoms with E-state index in [1.54, 1.807) is 12.1 Å². The fourth-order valence-corrected chi connectivity index (χ4v) is 3.90. The normalized spacial score (nSPS) is 12.6. The molecule has 2 rings (SSSR count). The summed E-state index contributed by atoms with van der Waals surface area (Å²) in [5.74, 6) is 0. The first-order valence-electron chi connectivity index (χ1n) is 6.98. The second kappa shape index (κ2) is 8.04. The number of nitro groups is 1. The van der Waals surface area contributed by atoms with E-state index >= 15 is 0 Å². The molecule has 1 unspecified atom stereocenters. The number of halogens is 3. The Morgan fingerprint density at radius 3 is 2.16 bits per heavy atom. The van der Waals surface area contributed by atoms with E-state index in [9.17, 15) is 27.3 Å². The van der Waals surface area contributed by atoms with Gasteiger partial charge in [-0.1, -0.05) is 0 Å². The first-order chi connectivity index (χ1) is 11.8. The van der Waals surface area contributed by atoms with E-state index in [0.717, 1.165) is 32.1 Å². The van der Waals surface area contributed by atoms with Crippen LogP contribution in [0.1, 0.15) is 0 Å². The molecule has 2 aromatic carbocycles. The molecule has 0 bridgehead atoms. The molecular weight excluding hydrogens is 469 g/mol. The number of nitro benzene ring substituents is 1. The van der Waals surface area contributed by atoms with Crippen molar-refractivity contribution in [2.75, 3.05) is 17.5 Å². The van der Waals surface area contributed by atoms with Crippen molar-refractivity contribution in [1.82, 2.24) is 0 Å². The zero-order chi connectivity index (χ0) is 18.6. The zero-order valence-electron chi connectivity index (χ0n) is 12.7. The zero-order valence-corrected chi connectivity index (χ0v) is 15.7. The predicted octanol–water partition coefficient (Wildman–Crippen LogP) is 3.70. The van der Waals surface area contributed by atoms with Gasteiger partial charge in [-0.25, -0.2) is 17.2 Å². The van der Waals surface area contributed by atoms with Gasteiger partial charge in [-0.15, -0.1) is 0 Å². The average molecular weight is 482 g/mol. The van der Waals surface area contributed by atoms with Crippen molar-refractivity contribution in [1.29, 1.82) is 0 Å².